The van der Waals surface area contributed by atoms with Crippen LogP contribution >= 0.6 is 0 Å². The first kappa shape index (κ1) is 12.6. The predicted molar refractivity (Wildman–Crippen MR) is 79.2 cm³/mol. The van der Waals surface area contributed by atoms with Crippen molar-refractivity contribution >= 4 is 10.8 Å². The summed E-state index contributed by atoms with van der Waals surface area (Å²) in [6.45, 7) is 3.01. The van der Waals surface area contributed by atoms with Gasteiger partial charge in [-0.3, -0.25) is 0 Å². The van der Waals surface area contributed by atoms with Gasteiger partial charge in [0, 0.05) is 6.54 Å². The maximum absolute atomic E-state index is 10.5. The highest BCUT2D eigenvalue weighted by Gasteiger charge is 2.17. The van der Waals surface area contributed by atoms with Crippen molar-refractivity contribution in [3.63, 3.8) is 0 Å². The number of likely N-dealkylation sites (tertiary alicyclic amines) is 1. The van der Waals surface area contributed by atoms with Gasteiger partial charge in [-0.15, -0.1) is 0 Å². The highest BCUT2D eigenvalue weighted by Crippen LogP contribution is 2.25. The SMILES string of the molecule is OC(CN1CCCCC1)c1cccc2ccccc12. The molecule has 1 saturated heterocycles. The van der Waals surface area contributed by atoms with Crippen LogP contribution in [0.5, 0.6) is 0 Å². The highest BCUT2D eigenvalue weighted by atomic mass is 16.3. The van der Waals surface area contributed by atoms with Crippen molar-refractivity contribution in [2.45, 2.75) is 25.4 Å². The molecule has 2 aromatic carbocycles. The highest BCUT2D eigenvalue weighted by molar-refractivity contribution is 5.85. The molecule has 1 fully saturated rings. The predicted octanol–water partition coefficient (Wildman–Crippen LogP) is 3.36. The second-order valence-electron chi connectivity index (χ2n) is 5.45. The number of rotatable bonds is 3. The molecule has 2 aromatic rings. The van der Waals surface area contributed by atoms with Crippen LogP contribution in [0.15, 0.2) is 42.5 Å². The van der Waals surface area contributed by atoms with Crippen molar-refractivity contribution < 1.29 is 5.11 Å². The van der Waals surface area contributed by atoms with Crippen molar-refractivity contribution in [1.82, 2.24) is 4.90 Å². The van der Waals surface area contributed by atoms with Crippen LogP contribution in [-0.2, 0) is 0 Å². The molecule has 0 radical (unpaired) electrons. The maximum Gasteiger partial charge on any atom is 0.0922 e. The van der Waals surface area contributed by atoms with E-state index in [1.807, 2.05) is 18.2 Å². The second-order valence-corrected chi connectivity index (χ2v) is 5.45. The summed E-state index contributed by atoms with van der Waals surface area (Å²) in [5.41, 5.74) is 1.06. The number of aliphatic hydroxyl groups is 1. The fraction of sp³-hybridized carbons (Fsp3) is 0.412. The minimum Gasteiger partial charge on any atom is -0.387 e. The van der Waals surface area contributed by atoms with Crippen molar-refractivity contribution in [3.05, 3.63) is 48.0 Å². The van der Waals surface area contributed by atoms with Crippen molar-refractivity contribution in [2.75, 3.05) is 19.6 Å². The summed E-state index contributed by atoms with van der Waals surface area (Å²) < 4.78 is 0. The van der Waals surface area contributed by atoms with Crippen molar-refractivity contribution in [2.24, 2.45) is 0 Å². The molecule has 100 valence electrons. The third-order valence-corrected chi connectivity index (χ3v) is 4.06. The van der Waals surface area contributed by atoms with E-state index in [0.717, 1.165) is 25.2 Å². The van der Waals surface area contributed by atoms with Crippen LogP contribution in [0.4, 0.5) is 0 Å². The van der Waals surface area contributed by atoms with E-state index < -0.39 is 0 Å². The lowest BCUT2D eigenvalue weighted by Gasteiger charge is -2.28. The Bertz CT molecular complexity index is 540. The van der Waals surface area contributed by atoms with Crippen LogP contribution in [0.2, 0.25) is 0 Å². The van der Waals surface area contributed by atoms with E-state index in [1.165, 1.54) is 30.0 Å². The number of aliphatic hydroxyl groups excluding tert-OH is 1. The van der Waals surface area contributed by atoms with E-state index in [4.69, 9.17) is 0 Å². The molecule has 0 bridgehead atoms. The number of fused-ring (bicyclic) bond motifs is 1. The molecular formula is C17H21NO. The monoisotopic (exact) mass is 255 g/mol. The molecule has 1 aliphatic heterocycles. The average molecular weight is 255 g/mol. The lowest BCUT2D eigenvalue weighted by molar-refractivity contribution is 0.102. The zero-order chi connectivity index (χ0) is 13.1. The molecule has 0 saturated carbocycles. The van der Waals surface area contributed by atoms with Crippen LogP contribution < -0.4 is 0 Å². The third-order valence-electron chi connectivity index (χ3n) is 4.06. The number of benzene rings is 2. The topological polar surface area (TPSA) is 23.5 Å². The van der Waals surface area contributed by atoms with E-state index in [0.29, 0.717) is 0 Å². The molecule has 19 heavy (non-hydrogen) atoms. The van der Waals surface area contributed by atoms with Gasteiger partial charge in [-0.25, -0.2) is 0 Å². The Morgan fingerprint density at radius 2 is 1.68 bits per heavy atom. The number of hydrogen-bond donors (Lipinski definition) is 1. The summed E-state index contributed by atoms with van der Waals surface area (Å²) in [4.78, 5) is 2.38. The minimum atomic E-state index is -0.385. The molecule has 0 aromatic heterocycles. The van der Waals surface area contributed by atoms with Crippen LogP contribution in [0.1, 0.15) is 30.9 Å². The van der Waals surface area contributed by atoms with Crippen molar-refractivity contribution in [3.8, 4) is 0 Å². The summed E-state index contributed by atoms with van der Waals surface area (Å²) in [6, 6.07) is 14.5. The molecule has 1 atom stereocenters. The Hall–Kier alpha value is -1.38. The first-order valence-corrected chi connectivity index (χ1v) is 7.23. The standard InChI is InChI=1S/C17H21NO/c19-17(13-18-11-4-1-5-12-18)16-10-6-8-14-7-2-3-9-15(14)16/h2-3,6-10,17,19H,1,4-5,11-13H2. The summed E-state index contributed by atoms with van der Waals surface area (Å²) in [6.07, 6.45) is 3.48. The zero-order valence-corrected chi connectivity index (χ0v) is 11.3. The molecule has 1 unspecified atom stereocenters. The Morgan fingerprint density at radius 3 is 2.53 bits per heavy atom. The lowest BCUT2D eigenvalue weighted by atomic mass is 9.99. The smallest absolute Gasteiger partial charge is 0.0922 e. The normalized spacial score (nSPS) is 18.6. The fourth-order valence-electron chi connectivity index (χ4n) is 3.03. The molecule has 1 aliphatic rings. The molecular weight excluding hydrogens is 234 g/mol. The zero-order valence-electron chi connectivity index (χ0n) is 11.3. The summed E-state index contributed by atoms with van der Waals surface area (Å²) in [7, 11) is 0. The Labute approximate surface area is 114 Å². The van der Waals surface area contributed by atoms with E-state index >= 15 is 0 Å². The average Bonchev–Trinajstić information content (AvgIpc) is 2.47. The third kappa shape index (κ3) is 2.80. The van der Waals surface area contributed by atoms with Crippen LogP contribution in [0.25, 0.3) is 10.8 Å². The van der Waals surface area contributed by atoms with E-state index in [2.05, 4.69) is 29.2 Å². The van der Waals surface area contributed by atoms with Crippen LogP contribution in [0, 0.1) is 0 Å². The summed E-state index contributed by atoms with van der Waals surface area (Å²) >= 11 is 0. The Morgan fingerprint density at radius 1 is 0.947 bits per heavy atom. The van der Waals surface area contributed by atoms with E-state index in [9.17, 15) is 5.11 Å². The second kappa shape index (κ2) is 5.72. The van der Waals surface area contributed by atoms with Gasteiger partial charge in [0.25, 0.3) is 0 Å². The maximum atomic E-state index is 10.5. The minimum absolute atomic E-state index is 0.385. The largest absolute Gasteiger partial charge is 0.387 e. The Balaban J connectivity index is 1.82. The number of hydrogen-bond acceptors (Lipinski definition) is 2. The molecule has 1 N–H and O–H groups in total. The Kier molecular flexibility index (Phi) is 3.81. The number of β-amino-alcohol motifs (C(OH)–C–C–N with tert-alkyl or cyclic N) is 1. The molecule has 2 heteroatoms. The van der Waals surface area contributed by atoms with Gasteiger partial charge in [0.1, 0.15) is 0 Å². The number of piperidine rings is 1. The summed E-state index contributed by atoms with van der Waals surface area (Å²) in [5, 5.41) is 12.9. The van der Waals surface area contributed by atoms with Crippen LogP contribution in [0.3, 0.4) is 0 Å². The molecule has 1 heterocycles. The quantitative estimate of drug-likeness (QED) is 0.909. The molecule has 0 spiro atoms. The van der Waals surface area contributed by atoms with Gasteiger partial charge < -0.3 is 10.0 Å². The van der Waals surface area contributed by atoms with Gasteiger partial charge in [-0.1, -0.05) is 48.9 Å². The van der Waals surface area contributed by atoms with Gasteiger partial charge in [-0.2, -0.15) is 0 Å². The first-order valence-electron chi connectivity index (χ1n) is 7.23. The molecule has 0 aliphatic carbocycles. The van der Waals surface area contributed by atoms with Crippen molar-refractivity contribution in [1.29, 1.82) is 0 Å². The fourth-order valence-corrected chi connectivity index (χ4v) is 3.03. The number of nitrogens with zero attached hydrogens (tertiary/aromatic N) is 1. The lowest BCUT2D eigenvalue weighted by Crippen LogP contribution is -2.33. The van der Waals surface area contributed by atoms with Gasteiger partial charge >= 0.3 is 0 Å². The van der Waals surface area contributed by atoms with Gasteiger partial charge in [0.2, 0.25) is 0 Å². The summed E-state index contributed by atoms with van der Waals surface area (Å²) in [5.74, 6) is 0. The van der Waals surface area contributed by atoms with E-state index in [1.54, 1.807) is 0 Å². The molecule has 0 amide bonds. The molecule has 3 rings (SSSR count). The van der Waals surface area contributed by atoms with Gasteiger partial charge in [0.05, 0.1) is 6.10 Å². The van der Waals surface area contributed by atoms with Gasteiger partial charge in [-0.05, 0) is 42.3 Å². The molecule has 2 nitrogen and oxygen atoms in total. The van der Waals surface area contributed by atoms with E-state index in [-0.39, 0.29) is 6.10 Å². The van der Waals surface area contributed by atoms with Gasteiger partial charge in [0.15, 0.2) is 0 Å². The first-order chi connectivity index (χ1) is 9.34. The van der Waals surface area contributed by atoms with Crippen LogP contribution in [-0.4, -0.2) is 29.6 Å².